The van der Waals surface area contributed by atoms with Crippen LogP contribution in [0.3, 0.4) is 0 Å². The summed E-state index contributed by atoms with van der Waals surface area (Å²) in [6, 6.07) is 13.2. The Bertz CT molecular complexity index is 1020. The number of amides is 2. The van der Waals surface area contributed by atoms with E-state index in [4.69, 9.17) is 4.42 Å². The molecule has 138 valence electrons. The standard InChI is InChI=1S/C21H21N3O3/c1-14-7-8-19(27-14)21(26)24-11-9-23(10-12-24)20(25)17-13-16-5-3-4-6-18(16)22-15(17)2/h3-8,13H,9-12H2,1-2H3. The van der Waals surface area contributed by atoms with Crippen molar-refractivity contribution in [1.29, 1.82) is 0 Å². The topological polar surface area (TPSA) is 66.7 Å². The zero-order chi connectivity index (χ0) is 19.0. The number of fused-ring (bicyclic) bond motifs is 1. The Morgan fingerprint density at radius 3 is 2.26 bits per heavy atom. The number of hydrogen-bond acceptors (Lipinski definition) is 4. The molecule has 27 heavy (non-hydrogen) atoms. The van der Waals surface area contributed by atoms with Crippen LogP contribution < -0.4 is 0 Å². The molecule has 1 aliphatic heterocycles. The molecule has 1 aliphatic rings. The van der Waals surface area contributed by atoms with E-state index in [1.807, 2.05) is 44.2 Å². The fourth-order valence-electron chi connectivity index (χ4n) is 3.42. The first-order valence-electron chi connectivity index (χ1n) is 9.04. The average molecular weight is 363 g/mol. The van der Waals surface area contributed by atoms with Crippen molar-refractivity contribution in [2.45, 2.75) is 13.8 Å². The maximum Gasteiger partial charge on any atom is 0.289 e. The highest BCUT2D eigenvalue weighted by atomic mass is 16.3. The molecule has 0 atom stereocenters. The van der Waals surface area contributed by atoms with Crippen LogP contribution >= 0.6 is 0 Å². The van der Waals surface area contributed by atoms with Crippen LogP contribution in [0.25, 0.3) is 10.9 Å². The van der Waals surface area contributed by atoms with Crippen LogP contribution in [0.2, 0.25) is 0 Å². The summed E-state index contributed by atoms with van der Waals surface area (Å²) >= 11 is 0. The lowest BCUT2D eigenvalue weighted by molar-refractivity contribution is 0.0517. The minimum atomic E-state index is -0.126. The van der Waals surface area contributed by atoms with Gasteiger partial charge in [-0.2, -0.15) is 0 Å². The van der Waals surface area contributed by atoms with Crippen molar-refractivity contribution < 1.29 is 14.0 Å². The molecule has 1 fully saturated rings. The molecule has 0 aliphatic carbocycles. The molecule has 0 unspecified atom stereocenters. The molecule has 0 N–H and O–H groups in total. The van der Waals surface area contributed by atoms with Crippen molar-refractivity contribution in [3.63, 3.8) is 0 Å². The number of piperazine rings is 1. The van der Waals surface area contributed by atoms with Gasteiger partial charge in [-0.05, 0) is 38.1 Å². The summed E-state index contributed by atoms with van der Waals surface area (Å²) < 4.78 is 5.42. The molecule has 2 amide bonds. The Balaban J connectivity index is 1.47. The third kappa shape index (κ3) is 3.30. The predicted molar refractivity (Wildman–Crippen MR) is 102 cm³/mol. The number of para-hydroxylation sites is 1. The number of hydrogen-bond donors (Lipinski definition) is 0. The molecule has 3 aromatic rings. The number of carbonyl (C=O) groups is 2. The summed E-state index contributed by atoms with van der Waals surface area (Å²) in [6.07, 6.45) is 0. The summed E-state index contributed by atoms with van der Waals surface area (Å²) in [5.74, 6) is 0.902. The van der Waals surface area contributed by atoms with Gasteiger partial charge in [0.1, 0.15) is 5.76 Å². The first kappa shape index (κ1) is 17.3. The first-order valence-corrected chi connectivity index (χ1v) is 9.04. The molecule has 0 saturated carbocycles. The maximum absolute atomic E-state index is 13.0. The van der Waals surface area contributed by atoms with Gasteiger partial charge in [-0.3, -0.25) is 14.6 Å². The number of nitrogens with zero attached hydrogens (tertiary/aromatic N) is 3. The third-order valence-corrected chi connectivity index (χ3v) is 4.95. The van der Waals surface area contributed by atoms with Crippen molar-refractivity contribution in [1.82, 2.24) is 14.8 Å². The van der Waals surface area contributed by atoms with Gasteiger partial charge in [0.05, 0.1) is 16.8 Å². The van der Waals surface area contributed by atoms with Gasteiger partial charge in [-0.25, -0.2) is 0 Å². The van der Waals surface area contributed by atoms with Crippen LogP contribution in [0, 0.1) is 13.8 Å². The van der Waals surface area contributed by atoms with Crippen molar-refractivity contribution in [2.75, 3.05) is 26.2 Å². The van der Waals surface area contributed by atoms with E-state index in [0.717, 1.165) is 16.6 Å². The quantitative estimate of drug-likeness (QED) is 0.702. The van der Waals surface area contributed by atoms with E-state index in [1.165, 1.54) is 0 Å². The fourth-order valence-corrected chi connectivity index (χ4v) is 3.42. The van der Waals surface area contributed by atoms with Gasteiger partial charge in [0, 0.05) is 31.6 Å². The molecule has 0 spiro atoms. The summed E-state index contributed by atoms with van der Waals surface area (Å²) in [5, 5.41) is 0.952. The highest BCUT2D eigenvalue weighted by Crippen LogP contribution is 2.19. The Labute approximate surface area is 157 Å². The molecule has 6 heteroatoms. The predicted octanol–water partition coefficient (Wildman–Crippen LogP) is 3.04. The van der Waals surface area contributed by atoms with Gasteiger partial charge in [-0.15, -0.1) is 0 Å². The lowest BCUT2D eigenvalue weighted by Gasteiger charge is -2.34. The Hall–Kier alpha value is -3.15. The summed E-state index contributed by atoms with van der Waals surface area (Å²) in [5.41, 5.74) is 2.23. The SMILES string of the molecule is Cc1ccc(C(=O)N2CCN(C(=O)c3cc4ccccc4nc3C)CC2)o1. The lowest BCUT2D eigenvalue weighted by atomic mass is 10.1. The molecule has 6 nitrogen and oxygen atoms in total. The third-order valence-electron chi connectivity index (χ3n) is 4.95. The number of rotatable bonds is 2. The van der Waals surface area contributed by atoms with Gasteiger partial charge in [0.2, 0.25) is 0 Å². The number of aryl methyl sites for hydroxylation is 2. The molecular weight excluding hydrogens is 342 g/mol. The maximum atomic E-state index is 13.0. The second kappa shape index (κ2) is 6.87. The summed E-state index contributed by atoms with van der Waals surface area (Å²) in [7, 11) is 0. The Kier molecular flexibility index (Phi) is 4.39. The van der Waals surface area contributed by atoms with E-state index in [-0.39, 0.29) is 11.8 Å². The minimum absolute atomic E-state index is 0.0355. The van der Waals surface area contributed by atoms with Crippen molar-refractivity contribution in [2.24, 2.45) is 0 Å². The van der Waals surface area contributed by atoms with Gasteiger partial charge >= 0.3 is 0 Å². The molecule has 4 rings (SSSR count). The zero-order valence-corrected chi connectivity index (χ0v) is 15.4. The van der Waals surface area contributed by atoms with Gasteiger partial charge < -0.3 is 14.2 Å². The fraction of sp³-hybridized carbons (Fsp3) is 0.286. The van der Waals surface area contributed by atoms with Gasteiger partial charge in [0.25, 0.3) is 11.8 Å². The molecule has 0 radical (unpaired) electrons. The highest BCUT2D eigenvalue weighted by molar-refractivity contribution is 5.99. The number of pyridine rings is 1. The second-order valence-electron chi connectivity index (χ2n) is 6.81. The number of furan rings is 1. The van der Waals surface area contributed by atoms with Crippen molar-refractivity contribution >= 4 is 22.7 Å². The van der Waals surface area contributed by atoms with Crippen LogP contribution in [0.4, 0.5) is 0 Å². The van der Waals surface area contributed by atoms with Crippen LogP contribution in [-0.4, -0.2) is 52.8 Å². The van der Waals surface area contributed by atoms with E-state index in [2.05, 4.69) is 4.98 Å². The first-order chi connectivity index (χ1) is 13.0. The van der Waals surface area contributed by atoms with Crippen LogP contribution in [0.5, 0.6) is 0 Å². The van der Waals surface area contributed by atoms with Gasteiger partial charge in [0.15, 0.2) is 5.76 Å². The van der Waals surface area contributed by atoms with Gasteiger partial charge in [-0.1, -0.05) is 18.2 Å². The van der Waals surface area contributed by atoms with Crippen LogP contribution in [0.15, 0.2) is 46.9 Å². The number of aromatic nitrogens is 1. The van der Waals surface area contributed by atoms with E-state index in [9.17, 15) is 9.59 Å². The largest absolute Gasteiger partial charge is 0.456 e. The minimum Gasteiger partial charge on any atom is -0.456 e. The molecule has 1 saturated heterocycles. The molecular formula is C21H21N3O3. The smallest absolute Gasteiger partial charge is 0.289 e. The summed E-state index contributed by atoms with van der Waals surface area (Å²) in [6.45, 7) is 5.65. The molecule has 3 heterocycles. The van der Waals surface area contributed by atoms with E-state index in [0.29, 0.717) is 43.3 Å². The van der Waals surface area contributed by atoms with Crippen molar-refractivity contribution in [3.05, 3.63) is 65.2 Å². The van der Waals surface area contributed by atoms with E-state index >= 15 is 0 Å². The average Bonchev–Trinajstić information content (AvgIpc) is 3.13. The van der Waals surface area contributed by atoms with Crippen LogP contribution in [-0.2, 0) is 0 Å². The molecule has 2 aromatic heterocycles. The summed E-state index contributed by atoms with van der Waals surface area (Å²) in [4.78, 5) is 33.5. The normalized spacial score (nSPS) is 14.6. The van der Waals surface area contributed by atoms with E-state index in [1.54, 1.807) is 21.9 Å². The second-order valence-corrected chi connectivity index (χ2v) is 6.81. The Morgan fingerprint density at radius 1 is 0.926 bits per heavy atom. The van der Waals surface area contributed by atoms with Crippen molar-refractivity contribution in [3.8, 4) is 0 Å². The van der Waals surface area contributed by atoms with Crippen LogP contribution in [0.1, 0.15) is 32.4 Å². The number of benzene rings is 1. The monoisotopic (exact) mass is 363 g/mol. The van der Waals surface area contributed by atoms with E-state index < -0.39 is 0 Å². The zero-order valence-electron chi connectivity index (χ0n) is 15.4. The molecule has 1 aromatic carbocycles. The molecule has 0 bridgehead atoms. The Morgan fingerprint density at radius 2 is 1.59 bits per heavy atom. The number of carbonyl (C=O) groups excluding carboxylic acids is 2. The lowest BCUT2D eigenvalue weighted by Crippen LogP contribution is -2.50. The highest BCUT2D eigenvalue weighted by Gasteiger charge is 2.27.